The van der Waals surface area contributed by atoms with Gasteiger partial charge in [-0.1, -0.05) is 109 Å². The maximum absolute atomic E-state index is 6.08. The molecular formula is C45H33HgN2O. The zero-order chi connectivity index (χ0) is 33.3. The predicted molar refractivity (Wildman–Crippen MR) is 201 cm³/mol. The SMILES string of the molecule is Cc1ccc2oc(-c3ccc(-c4ccccc4-c4ccccc4-c4ccc5c(c4)c4ccccc4n5-c4ccccc4)cc3)nc2c1.[CH3][Hg]. The standard InChI is InChI=1S/C44H30N2O.CH3.Hg/c1-29-19-26-43-40(27-29)45-44(47-43)31-22-20-30(21-23-31)34-13-5-7-15-36(34)37-16-8-6-14-35(37)32-24-25-42-39(28-32)38-17-9-10-18-41(38)46(42)33-11-3-2-4-12-33;;/h2-28H,1H3;1H3;. The van der Waals surface area contributed by atoms with Crippen LogP contribution in [0.5, 0.6) is 0 Å². The number of oxazole rings is 1. The summed E-state index contributed by atoms with van der Waals surface area (Å²) < 4.78 is 10.6. The van der Waals surface area contributed by atoms with E-state index in [-0.39, 0.29) is 0 Å². The van der Waals surface area contributed by atoms with Crippen molar-refractivity contribution in [2.75, 3.05) is 0 Å². The first-order valence-electron chi connectivity index (χ1n) is 16.7. The van der Waals surface area contributed by atoms with E-state index in [1.54, 1.807) is 0 Å². The van der Waals surface area contributed by atoms with Crippen LogP contribution < -0.4 is 0 Å². The molecule has 0 saturated carbocycles. The van der Waals surface area contributed by atoms with Crippen molar-refractivity contribution in [3.8, 4) is 50.5 Å². The van der Waals surface area contributed by atoms with E-state index in [9.17, 15) is 0 Å². The van der Waals surface area contributed by atoms with Gasteiger partial charge in [0.2, 0.25) is 5.89 Å². The van der Waals surface area contributed by atoms with Crippen molar-refractivity contribution in [3.05, 3.63) is 169 Å². The van der Waals surface area contributed by atoms with Crippen LogP contribution in [-0.2, 0) is 26.1 Å². The van der Waals surface area contributed by atoms with E-state index < -0.39 is 0 Å². The zero-order valence-electron chi connectivity index (χ0n) is 27.6. The quantitative estimate of drug-likeness (QED) is 0.162. The number of benzene rings is 7. The number of hydrogen-bond donors (Lipinski definition) is 0. The summed E-state index contributed by atoms with van der Waals surface area (Å²) in [5, 5.41) is 2.50. The van der Waals surface area contributed by atoms with Crippen molar-refractivity contribution in [1.29, 1.82) is 0 Å². The molecule has 2 heterocycles. The van der Waals surface area contributed by atoms with Crippen LogP contribution in [0.4, 0.5) is 0 Å². The summed E-state index contributed by atoms with van der Waals surface area (Å²) in [6.07, 6.45) is 0. The van der Waals surface area contributed by atoms with Gasteiger partial charge in [0, 0.05) is 22.0 Å². The fourth-order valence-corrected chi connectivity index (χ4v) is 6.89. The van der Waals surface area contributed by atoms with Gasteiger partial charge in [-0.25, -0.2) is 4.98 Å². The van der Waals surface area contributed by atoms with Gasteiger partial charge in [0.05, 0.1) is 11.0 Å². The van der Waals surface area contributed by atoms with Crippen LogP contribution in [0.3, 0.4) is 0 Å². The number of rotatable bonds is 5. The molecule has 0 amide bonds. The molecule has 2 aromatic heterocycles. The Bertz CT molecular complexity index is 2580. The molecule has 0 unspecified atom stereocenters. The molecule has 0 aliphatic carbocycles. The number of aromatic nitrogens is 2. The molecule has 9 rings (SSSR count). The Labute approximate surface area is 302 Å². The Balaban J connectivity index is 0.00000171. The fraction of sp³-hybridized carbons (Fsp3) is 0.0444. The summed E-state index contributed by atoms with van der Waals surface area (Å²) >= 11 is 1.03. The molecule has 0 aliphatic rings. The minimum absolute atomic E-state index is 0.639. The average molecular weight is 818 g/mol. The molecule has 0 N–H and O–H groups in total. The van der Waals surface area contributed by atoms with Crippen molar-refractivity contribution in [3.63, 3.8) is 0 Å². The molecule has 0 aliphatic heterocycles. The number of hydrogen-bond acceptors (Lipinski definition) is 2. The minimum atomic E-state index is 0.639. The molecule has 0 fully saturated rings. The zero-order valence-corrected chi connectivity index (χ0v) is 33.1. The third-order valence-electron chi connectivity index (χ3n) is 9.13. The van der Waals surface area contributed by atoms with E-state index in [0.717, 1.165) is 54.0 Å². The molecule has 9 aromatic rings. The molecule has 0 spiro atoms. The summed E-state index contributed by atoms with van der Waals surface area (Å²) in [6, 6.07) is 58.2. The molecule has 0 saturated heterocycles. The van der Waals surface area contributed by atoms with Crippen LogP contribution >= 0.6 is 0 Å². The number of aryl methyl sites for hydroxylation is 1. The van der Waals surface area contributed by atoms with Crippen LogP contribution in [0.15, 0.2) is 168 Å². The van der Waals surface area contributed by atoms with Crippen molar-refractivity contribution in [2.45, 2.75) is 11.4 Å². The van der Waals surface area contributed by atoms with Crippen LogP contribution in [0.2, 0.25) is 4.43 Å². The topological polar surface area (TPSA) is 31.0 Å². The van der Waals surface area contributed by atoms with Gasteiger partial charge in [-0.3, -0.25) is 0 Å². The molecule has 0 radical (unpaired) electrons. The van der Waals surface area contributed by atoms with Crippen LogP contribution in [0.1, 0.15) is 5.56 Å². The molecule has 0 atom stereocenters. The Hall–Kier alpha value is -5.25. The summed E-state index contributed by atoms with van der Waals surface area (Å²) in [4.78, 5) is 4.75. The number of para-hydroxylation sites is 2. The summed E-state index contributed by atoms with van der Waals surface area (Å²) in [5.41, 5.74) is 14.5. The van der Waals surface area contributed by atoms with Gasteiger partial charge in [-0.2, -0.15) is 0 Å². The molecule has 4 heteroatoms. The van der Waals surface area contributed by atoms with E-state index in [4.69, 9.17) is 9.40 Å². The molecule has 3 nitrogen and oxygen atoms in total. The van der Waals surface area contributed by atoms with E-state index in [0.29, 0.717) is 5.89 Å². The van der Waals surface area contributed by atoms with Crippen molar-refractivity contribution < 1.29 is 30.5 Å². The fourth-order valence-electron chi connectivity index (χ4n) is 6.89. The third-order valence-corrected chi connectivity index (χ3v) is 9.13. The van der Waals surface area contributed by atoms with Crippen molar-refractivity contribution in [2.24, 2.45) is 0 Å². The van der Waals surface area contributed by atoms with E-state index in [1.165, 1.54) is 55.2 Å². The predicted octanol–water partition coefficient (Wildman–Crippen LogP) is 12.5. The van der Waals surface area contributed by atoms with Crippen LogP contribution in [-0.4, -0.2) is 9.55 Å². The van der Waals surface area contributed by atoms with E-state index in [2.05, 4.69) is 174 Å². The average Bonchev–Trinajstić information content (AvgIpc) is 3.75. The normalized spacial score (nSPS) is 11.2. The van der Waals surface area contributed by atoms with Gasteiger partial charge in [-0.05, 0) is 100 Å². The monoisotopic (exact) mass is 819 g/mol. The summed E-state index contributed by atoms with van der Waals surface area (Å²) in [6.45, 7) is 2.07. The van der Waals surface area contributed by atoms with Gasteiger partial charge in [0.1, 0.15) is 5.52 Å². The van der Waals surface area contributed by atoms with E-state index >= 15 is 0 Å². The first kappa shape index (κ1) is 31.0. The van der Waals surface area contributed by atoms with Gasteiger partial charge >= 0.3 is 30.6 Å². The summed E-state index contributed by atoms with van der Waals surface area (Å²) in [7, 11) is 0. The van der Waals surface area contributed by atoms with Crippen LogP contribution in [0, 0.1) is 6.92 Å². The van der Waals surface area contributed by atoms with Gasteiger partial charge in [-0.15, -0.1) is 0 Å². The Morgan fingerprint density at radius 1 is 0.490 bits per heavy atom. The first-order valence-corrected chi connectivity index (χ1v) is 22.2. The second kappa shape index (κ2) is 13.3. The molecule has 49 heavy (non-hydrogen) atoms. The van der Waals surface area contributed by atoms with Crippen molar-refractivity contribution >= 4 is 32.9 Å². The van der Waals surface area contributed by atoms with Crippen molar-refractivity contribution in [1.82, 2.24) is 9.55 Å². The Morgan fingerprint density at radius 3 is 1.80 bits per heavy atom. The molecular weight excluding hydrogens is 785 g/mol. The van der Waals surface area contributed by atoms with Crippen LogP contribution in [0.25, 0.3) is 83.4 Å². The van der Waals surface area contributed by atoms with Gasteiger partial charge in [0.25, 0.3) is 0 Å². The molecule has 231 valence electrons. The van der Waals surface area contributed by atoms with Gasteiger partial charge < -0.3 is 8.98 Å². The first-order chi connectivity index (χ1) is 24.2. The van der Waals surface area contributed by atoms with E-state index in [1.807, 2.05) is 6.07 Å². The molecule has 0 bridgehead atoms. The second-order valence-corrected chi connectivity index (χ2v) is 12.1. The third kappa shape index (κ3) is 5.68. The Kier molecular flexibility index (Phi) is 8.45. The second-order valence-electron chi connectivity index (χ2n) is 12.1. The number of nitrogens with zero attached hydrogens (tertiary/aromatic N) is 2. The summed E-state index contributed by atoms with van der Waals surface area (Å²) in [5.74, 6) is 0.639. The number of fused-ring (bicyclic) bond motifs is 4. The maximum atomic E-state index is 6.08. The Morgan fingerprint density at radius 2 is 1.06 bits per heavy atom. The van der Waals surface area contributed by atoms with Gasteiger partial charge in [0.15, 0.2) is 5.58 Å². The molecule has 7 aromatic carbocycles.